The monoisotopic (exact) mass is 513 g/mol. The van der Waals surface area contributed by atoms with Crippen molar-refractivity contribution in [2.24, 2.45) is 4.99 Å². The second-order valence-corrected chi connectivity index (χ2v) is 7.87. The van der Waals surface area contributed by atoms with Crippen LogP contribution in [-0.2, 0) is 17.9 Å². The van der Waals surface area contributed by atoms with Crippen LogP contribution in [0.15, 0.2) is 29.3 Å². The minimum atomic E-state index is 0. The first-order valence-corrected chi connectivity index (χ1v) is 10.8. The van der Waals surface area contributed by atoms with Gasteiger partial charge in [-0.15, -0.1) is 24.0 Å². The zero-order valence-electron chi connectivity index (χ0n) is 17.7. The van der Waals surface area contributed by atoms with E-state index in [4.69, 9.17) is 0 Å². The molecule has 0 spiro atoms. The predicted molar refractivity (Wildman–Crippen MR) is 130 cm³/mol. The highest BCUT2D eigenvalue weighted by molar-refractivity contribution is 14.0. The summed E-state index contributed by atoms with van der Waals surface area (Å²) in [6.07, 6.45) is 7.50. The van der Waals surface area contributed by atoms with E-state index < -0.39 is 0 Å². The van der Waals surface area contributed by atoms with Crippen molar-refractivity contribution in [2.75, 3.05) is 39.8 Å². The number of amides is 1. The average Bonchev–Trinajstić information content (AvgIpc) is 2.76. The van der Waals surface area contributed by atoms with Crippen LogP contribution in [-0.4, -0.2) is 61.4 Å². The van der Waals surface area contributed by atoms with Gasteiger partial charge in [0.25, 0.3) is 0 Å². The fourth-order valence-electron chi connectivity index (χ4n) is 3.96. The number of aliphatic imine (C=N–C) groups is 1. The number of nitrogens with one attached hydrogen (secondary N) is 2. The molecule has 0 atom stereocenters. The van der Waals surface area contributed by atoms with Crippen LogP contribution in [0.4, 0.5) is 0 Å². The van der Waals surface area contributed by atoms with Gasteiger partial charge in [-0.05, 0) is 56.3 Å². The average molecular weight is 513 g/mol. The Bertz CT molecular complexity index is 637. The molecule has 1 aromatic carbocycles. The first-order valence-electron chi connectivity index (χ1n) is 10.8. The molecule has 3 rings (SSSR count). The van der Waals surface area contributed by atoms with E-state index in [2.05, 4.69) is 44.8 Å². The van der Waals surface area contributed by atoms with Crippen LogP contribution in [0.1, 0.15) is 49.7 Å². The van der Waals surface area contributed by atoms with Gasteiger partial charge < -0.3 is 15.5 Å². The minimum absolute atomic E-state index is 0. The quantitative estimate of drug-likeness (QED) is 0.349. The van der Waals surface area contributed by atoms with Gasteiger partial charge in [-0.3, -0.25) is 14.7 Å². The molecule has 0 saturated carbocycles. The third kappa shape index (κ3) is 8.12. The van der Waals surface area contributed by atoms with Crippen LogP contribution in [0.3, 0.4) is 0 Å². The van der Waals surface area contributed by atoms with Crippen molar-refractivity contribution in [1.82, 2.24) is 20.4 Å². The maximum absolute atomic E-state index is 12.3. The summed E-state index contributed by atoms with van der Waals surface area (Å²) in [6.45, 7) is 6.26. The first-order chi connectivity index (χ1) is 13.7. The largest absolute Gasteiger partial charge is 0.352 e. The highest BCUT2D eigenvalue weighted by Crippen LogP contribution is 2.13. The Kier molecular flexibility index (Phi) is 10.8. The normalized spacial score (nSPS) is 18.1. The predicted octanol–water partition coefficient (Wildman–Crippen LogP) is 2.97. The Labute approximate surface area is 192 Å². The number of piperidine rings is 2. The van der Waals surface area contributed by atoms with Crippen molar-refractivity contribution in [3.05, 3.63) is 35.4 Å². The maximum atomic E-state index is 12.3. The fraction of sp³-hybridized carbons (Fsp3) is 0.636. The molecule has 0 bridgehead atoms. The first kappa shape index (κ1) is 23.9. The number of benzene rings is 1. The zero-order valence-corrected chi connectivity index (χ0v) is 20.0. The molecule has 1 aromatic rings. The molecule has 29 heavy (non-hydrogen) atoms. The Morgan fingerprint density at radius 2 is 1.48 bits per heavy atom. The van der Waals surface area contributed by atoms with Crippen LogP contribution in [0, 0.1) is 0 Å². The number of guanidine groups is 1. The topological polar surface area (TPSA) is 60.0 Å². The lowest BCUT2D eigenvalue weighted by Crippen LogP contribution is -2.45. The zero-order chi connectivity index (χ0) is 19.6. The number of nitrogens with zero attached hydrogens (tertiary/aromatic N) is 3. The summed E-state index contributed by atoms with van der Waals surface area (Å²) in [7, 11) is 1.74. The smallest absolute Gasteiger partial charge is 0.241 e. The molecular formula is C22H36IN5O. The molecule has 2 aliphatic rings. The molecule has 0 unspecified atom stereocenters. The van der Waals surface area contributed by atoms with E-state index in [-0.39, 0.29) is 29.9 Å². The molecule has 2 fully saturated rings. The van der Waals surface area contributed by atoms with Gasteiger partial charge in [0.1, 0.15) is 0 Å². The van der Waals surface area contributed by atoms with Gasteiger partial charge in [-0.2, -0.15) is 0 Å². The summed E-state index contributed by atoms with van der Waals surface area (Å²) >= 11 is 0. The molecule has 2 saturated heterocycles. The molecule has 2 N–H and O–H groups in total. The fourth-order valence-corrected chi connectivity index (χ4v) is 3.96. The van der Waals surface area contributed by atoms with Crippen molar-refractivity contribution in [3.8, 4) is 0 Å². The molecule has 2 heterocycles. The van der Waals surface area contributed by atoms with E-state index in [1.54, 1.807) is 7.05 Å². The Morgan fingerprint density at radius 1 is 0.897 bits per heavy atom. The van der Waals surface area contributed by atoms with E-state index in [1.165, 1.54) is 49.9 Å². The highest BCUT2D eigenvalue weighted by Gasteiger charge is 2.16. The van der Waals surface area contributed by atoms with Crippen LogP contribution in [0.5, 0.6) is 0 Å². The molecule has 7 heteroatoms. The second-order valence-electron chi connectivity index (χ2n) is 7.87. The summed E-state index contributed by atoms with van der Waals surface area (Å²) < 4.78 is 0. The van der Waals surface area contributed by atoms with Gasteiger partial charge in [0.05, 0.1) is 6.54 Å². The number of carbonyl (C=O) groups is 1. The molecule has 0 radical (unpaired) electrons. The lowest BCUT2D eigenvalue weighted by molar-refractivity contribution is -0.130. The molecule has 0 aliphatic carbocycles. The van der Waals surface area contributed by atoms with E-state index >= 15 is 0 Å². The summed E-state index contributed by atoms with van der Waals surface area (Å²) in [5.74, 6) is 0.826. The Hall–Kier alpha value is -1.35. The van der Waals surface area contributed by atoms with Gasteiger partial charge >= 0.3 is 0 Å². The van der Waals surface area contributed by atoms with E-state index in [0.29, 0.717) is 19.0 Å². The summed E-state index contributed by atoms with van der Waals surface area (Å²) in [4.78, 5) is 21.0. The molecule has 2 aliphatic heterocycles. The van der Waals surface area contributed by atoms with Crippen LogP contribution >= 0.6 is 24.0 Å². The van der Waals surface area contributed by atoms with E-state index in [1.807, 2.05) is 4.90 Å². The summed E-state index contributed by atoms with van der Waals surface area (Å²) in [6, 6.07) is 8.81. The van der Waals surface area contributed by atoms with Crippen LogP contribution in [0.25, 0.3) is 0 Å². The number of hydrogen-bond acceptors (Lipinski definition) is 3. The van der Waals surface area contributed by atoms with Crippen molar-refractivity contribution in [2.45, 2.75) is 51.6 Å². The van der Waals surface area contributed by atoms with Crippen LogP contribution in [0.2, 0.25) is 0 Å². The Balaban J connectivity index is 0.00000300. The van der Waals surface area contributed by atoms with Gasteiger partial charge in [0.15, 0.2) is 5.96 Å². The molecular weight excluding hydrogens is 477 g/mol. The molecule has 6 nitrogen and oxygen atoms in total. The van der Waals surface area contributed by atoms with Gasteiger partial charge in [0.2, 0.25) is 5.91 Å². The number of hydrogen-bond donors (Lipinski definition) is 2. The summed E-state index contributed by atoms with van der Waals surface area (Å²) in [5.41, 5.74) is 2.59. The standard InChI is InChI=1S/C22H35N5O.HI/c1-23-22(25-17-21(28)27-14-6-3-7-15-27)24-16-19-8-10-20(11-9-19)18-26-12-4-2-5-13-26;/h8-11H,2-7,12-18H2,1H3,(H2,23,24,25);1H. The van der Waals surface area contributed by atoms with Crippen molar-refractivity contribution in [1.29, 1.82) is 0 Å². The lowest BCUT2D eigenvalue weighted by atomic mass is 10.1. The van der Waals surface area contributed by atoms with E-state index in [0.717, 1.165) is 32.5 Å². The molecule has 1 amide bonds. The third-order valence-electron chi connectivity index (χ3n) is 5.68. The van der Waals surface area contributed by atoms with Crippen molar-refractivity contribution < 1.29 is 4.79 Å². The molecule has 0 aromatic heterocycles. The third-order valence-corrected chi connectivity index (χ3v) is 5.68. The van der Waals surface area contributed by atoms with Gasteiger partial charge in [0, 0.05) is 33.2 Å². The SMILES string of the molecule is CN=C(NCC(=O)N1CCCCC1)NCc1ccc(CN2CCCCC2)cc1.I. The van der Waals surface area contributed by atoms with Crippen LogP contribution < -0.4 is 10.6 Å². The van der Waals surface area contributed by atoms with Gasteiger partial charge in [-0.1, -0.05) is 30.7 Å². The molecule has 162 valence electrons. The Morgan fingerprint density at radius 3 is 2.10 bits per heavy atom. The highest BCUT2D eigenvalue weighted by atomic mass is 127. The number of rotatable bonds is 6. The number of carbonyl (C=O) groups excluding carboxylic acids is 1. The van der Waals surface area contributed by atoms with Gasteiger partial charge in [-0.25, -0.2) is 0 Å². The minimum Gasteiger partial charge on any atom is -0.352 e. The number of halogens is 1. The maximum Gasteiger partial charge on any atom is 0.241 e. The summed E-state index contributed by atoms with van der Waals surface area (Å²) in [5, 5.41) is 6.45. The van der Waals surface area contributed by atoms with Crippen molar-refractivity contribution in [3.63, 3.8) is 0 Å². The number of likely N-dealkylation sites (tertiary alicyclic amines) is 2. The van der Waals surface area contributed by atoms with E-state index in [9.17, 15) is 4.79 Å². The lowest BCUT2D eigenvalue weighted by Gasteiger charge is -2.27. The van der Waals surface area contributed by atoms with Crippen molar-refractivity contribution >= 4 is 35.8 Å². The second kappa shape index (κ2) is 13.1.